The first-order valence-electron chi connectivity index (χ1n) is 10.4. The lowest BCUT2D eigenvalue weighted by Gasteiger charge is -2.32. The van der Waals surface area contributed by atoms with Gasteiger partial charge in [0.2, 0.25) is 5.91 Å². The van der Waals surface area contributed by atoms with Gasteiger partial charge in [0.05, 0.1) is 19.6 Å². The monoisotopic (exact) mass is 383 g/mol. The molecule has 0 saturated carbocycles. The summed E-state index contributed by atoms with van der Waals surface area (Å²) in [7, 11) is 0. The minimum Gasteiger partial charge on any atom is -0.494 e. The molecule has 1 aromatic heterocycles. The number of nitrogens with one attached hydrogen (secondary N) is 1. The van der Waals surface area contributed by atoms with E-state index in [1.807, 2.05) is 29.2 Å². The summed E-state index contributed by atoms with van der Waals surface area (Å²) in [6.45, 7) is 7.07. The maximum absolute atomic E-state index is 12.8. The summed E-state index contributed by atoms with van der Waals surface area (Å²) in [4.78, 5) is 14.8. The lowest BCUT2D eigenvalue weighted by atomic mass is 9.95. The van der Waals surface area contributed by atoms with Crippen molar-refractivity contribution < 1.29 is 9.53 Å². The molecule has 150 valence electrons. The first kappa shape index (κ1) is 18.9. The number of hydrogen-bond acceptors (Lipinski definition) is 5. The number of carbonyl (C=O) groups is 1. The molecule has 4 rings (SSSR count). The molecule has 1 fully saturated rings. The highest BCUT2D eigenvalue weighted by Gasteiger charge is 2.28. The summed E-state index contributed by atoms with van der Waals surface area (Å²) in [5.41, 5.74) is 1.01. The number of aromatic nitrogens is 3. The van der Waals surface area contributed by atoms with Crippen LogP contribution in [-0.2, 0) is 24.3 Å². The molecular formula is C21H29N5O2. The van der Waals surface area contributed by atoms with Crippen molar-refractivity contribution in [2.45, 2.75) is 51.6 Å². The summed E-state index contributed by atoms with van der Waals surface area (Å²) in [6.07, 6.45) is 3.32. The maximum Gasteiger partial charge on any atom is 0.226 e. The van der Waals surface area contributed by atoms with Gasteiger partial charge in [-0.1, -0.05) is 19.1 Å². The predicted octanol–water partition coefficient (Wildman–Crippen LogP) is 2.12. The Morgan fingerprint density at radius 2 is 2.11 bits per heavy atom. The molecule has 7 nitrogen and oxygen atoms in total. The first-order valence-corrected chi connectivity index (χ1v) is 10.4. The van der Waals surface area contributed by atoms with Gasteiger partial charge in [-0.15, -0.1) is 10.2 Å². The fraction of sp³-hybridized carbons (Fsp3) is 0.571. The number of amides is 1. The van der Waals surface area contributed by atoms with Crippen molar-refractivity contribution in [3.63, 3.8) is 0 Å². The molecule has 1 amide bonds. The van der Waals surface area contributed by atoms with E-state index in [2.05, 4.69) is 27.0 Å². The summed E-state index contributed by atoms with van der Waals surface area (Å²) < 4.78 is 7.94. The van der Waals surface area contributed by atoms with Crippen LogP contribution < -0.4 is 10.1 Å². The molecule has 0 radical (unpaired) electrons. The van der Waals surface area contributed by atoms with E-state index in [-0.39, 0.29) is 5.91 Å². The van der Waals surface area contributed by atoms with E-state index in [0.717, 1.165) is 74.9 Å². The van der Waals surface area contributed by atoms with Gasteiger partial charge in [-0.05, 0) is 37.0 Å². The van der Waals surface area contributed by atoms with Crippen molar-refractivity contribution in [2.24, 2.45) is 0 Å². The molecule has 1 saturated heterocycles. The van der Waals surface area contributed by atoms with Crippen molar-refractivity contribution in [2.75, 3.05) is 26.2 Å². The van der Waals surface area contributed by atoms with Crippen LogP contribution in [0.25, 0.3) is 0 Å². The maximum atomic E-state index is 12.8. The zero-order valence-corrected chi connectivity index (χ0v) is 16.6. The molecule has 2 aromatic rings. The molecule has 0 atom stereocenters. The zero-order valence-electron chi connectivity index (χ0n) is 16.6. The first-order chi connectivity index (χ1) is 13.7. The lowest BCUT2D eigenvalue weighted by Crippen LogP contribution is -2.39. The lowest BCUT2D eigenvalue weighted by molar-refractivity contribution is -0.131. The number of likely N-dealkylation sites (tertiary alicyclic amines) is 1. The van der Waals surface area contributed by atoms with Gasteiger partial charge >= 0.3 is 0 Å². The van der Waals surface area contributed by atoms with E-state index in [0.29, 0.717) is 18.9 Å². The number of fused-ring (bicyclic) bond motifs is 1. The molecular weight excluding hydrogens is 354 g/mol. The van der Waals surface area contributed by atoms with E-state index in [1.165, 1.54) is 0 Å². The number of rotatable bonds is 6. The third kappa shape index (κ3) is 4.19. The second kappa shape index (κ2) is 8.73. The van der Waals surface area contributed by atoms with Gasteiger partial charge in [-0.25, -0.2) is 0 Å². The third-order valence-electron chi connectivity index (χ3n) is 5.59. The van der Waals surface area contributed by atoms with Crippen molar-refractivity contribution in [3.05, 3.63) is 41.5 Å². The van der Waals surface area contributed by atoms with Crippen LogP contribution >= 0.6 is 0 Å². The van der Waals surface area contributed by atoms with Crippen LogP contribution in [0.2, 0.25) is 0 Å². The molecule has 3 heterocycles. The van der Waals surface area contributed by atoms with E-state index in [1.54, 1.807) is 0 Å². The van der Waals surface area contributed by atoms with E-state index in [4.69, 9.17) is 4.74 Å². The highest BCUT2D eigenvalue weighted by Crippen LogP contribution is 2.28. The molecule has 1 aromatic carbocycles. The molecule has 0 aliphatic carbocycles. The van der Waals surface area contributed by atoms with Crippen LogP contribution in [-0.4, -0.2) is 51.8 Å². The summed E-state index contributed by atoms with van der Waals surface area (Å²) in [5, 5.41) is 12.1. The molecule has 28 heavy (non-hydrogen) atoms. The SMILES string of the molecule is CCCOc1cccc(CC(=O)N2CCC(c3nnc4n3CCNC4)CC2)c1. The number of carbonyl (C=O) groups excluding carboxylic acids is 1. The average molecular weight is 383 g/mol. The van der Waals surface area contributed by atoms with Gasteiger partial charge in [0.15, 0.2) is 0 Å². The Balaban J connectivity index is 1.32. The Kier molecular flexibility index (Phi) is 5.90. The van der Waals surface area contributed by atoms with E-state index in [9.17, 15) is 4.79 Å². The number of hydrogen-bond donors (Lipinski definition) is 1. The predicted molar refractivity (Wildman–Crippen MR) is 106 cm³/mol. The van der Waals surface area contributed by atoms with Crippen molar-refractivity contribution >= 4 is 5.91 Å². The minimum absolute atomic E-state index is 0.193. The Bertz CT molecular complexity index is 811. The second-order valence-electron chi connectivity index (χ2n) is 7.63. The quantitative estimate of drug-likeness (QED) is 0.827. The highest BCUT2D eigenvalue weighted by atomic mass is 16.5. The van der Waals surface area contributed by atoms with Gasteiger partial charge in [-0.2, -0.15) is 0 Å². The number of ether oxygens (including phenoxy) is 1. The smallest absolute Gasteiger partial charge is 0.226 e. The largest absolute Gasteiger partial charge is 0.494 e. The van der Waals surface area contributed by atoms with Gasteiger partial charge < -0.3 is 19.5 Å². The number of nitrogens with zero attached hydrogens (tertiary/aromatic N) is 4. The molecule has 2 aliphatic rings. The number of benzene rings is 1. The Morgan fingerprint density at radius 3 is 2.93 bits per heavy atom. The fourth-order valence-electron chi connectivity index (χ4n) is 4.06. The molecule has 7 heteroatoms. The molecule has 0 bridgehead atoms. The number of piperidine rings is 1. The minimum atomic E-state index is 0.193. The van der Waals surface area contributed by atoms with Crippen LogP contribution in [0.5, 0.6) is 5.75 Å². The molecule has 1 N–H and O–H groups in total. The molecule has 0 spiro atoms. The Labute approximate surface area is 166 Å². The van der Waals surface area contributed by atoms with E-state index < -0.39 is 0 Å². The highest BCUT2D eigenvalue weighted by molar-refractivity contribution is 5.79. The van der Waals surface area contributed by atoms with Crippen LogP contribution in [0.3, 0.4) is 0 Å². The summed E-state index contributed by atoms with van der Waals surface area (Å²) >= 11 is 0. The van der Waals surface area contributed by atoms with Crippen LogP contribution in [0, 0.1) is 0 Å². The summed E-state index contributed by atoms with van der Waals surface area (Å²) in [6, 6.07) is 7.89. The standard InChI is InChI=1S/C21H29N5O2/c1-2-12-28-18-5-3-4-16(13-18)14-20(27)25-9-6-17(7-10-25)21-24-23-19-15-22-8-11-26(19)21/h3-5,13,17,22H,2,6-12,14-15H2,1H3. The normalized spacial score (nSPS) is 17.4. The Hall–Kier alpha value is -2.41. The van der Waals surface area contributed by atoms with Gasteiger partial charge in [0.25, 0.3) is 0 Å². The molecule has 0 unspecified atom stereocenters. The fourth-order valence-corrected chi connectivity index (χ4v) is 4.06. The topological polar surface area (TPSA) is 72.3 Å². The van der Waals surface area contributed by atoms with Crippen molar-refractivity contribution in [1.82, 2.24) is 25.0 Å². The molecule has 2 aliphatic heterocycles. The van der Waals surface area contributed by atoms with Gasteiger partial charge in [-0.3, -0.25) is 4.79 Å². The zero-order chi connectivity index (χ0) is 19.3. The van der Waals surface area contributed by atoms with E-state index >= 15 is 0 Å². The van der Waals surface area contributed by atoms with Gasteiger partial charge in [0, 0.05) is 32.1 Å². The van der Waals surface area contributed by atoms with Crippen molar-refractivity contribution in [1.29, 1.82) is 0 Å². The van der Waals surface area contributed by atoms with Crippen LogP contribution in [0.4, 0.5) is 0 Å². The second-order valence-corrected chi connectivity index (χ2v) is 7.63. The Morgan fingerprint density at radius 1 is 1.25 bits per heavy atom. The summed E-state index contributed by atoms with van der Waals surface area (Å²) in [5.74, 6) is 3.57. The van der Waals surface area contributed by atoms with Gasteiger partial charge in [0.1, 0.15) is 17.4 Å². The van der Waals surface area contributed by atoms with Crippen LogP contribution in [0.1, 0.15) is 49.3 Å². The third-order valence-corrected chi connectivity index (χ3v) is 5.59. The van der Waals surface area contributed by atoms with Crippen molar-refractivity contribution in [3.8, 4) is 5.75 Å². The van der Waals surface area contributed by atoms with Crippen LogP contribution in [0.15, 0.2) is 24.3 Å². The average Bonchev–Trinajstić information content (AvgIpc) is 3.17.